The van der Waals surface area contributed by atoms with Crippen LogP contribution < -0.4 is 10.1 Å². The second-order valence-corrected chi connectivity index (χ2v) is 7.78. The highest BCUT2D eigenvalue weighted by molar-refractivity contribution is 6.35. The molecule has 0 radical (unpaired) electrons. The Kier molecular flexibility index (Phi) is 6.64. The van der Waals surface area contributed by atoms with Gasteiger partial charge in [-0.2, -0.15) is 0 Å². The largest absolute Gasteiger partial charge is 0.495 e. The summed E-state index contributed by atoms with van der Waals surface area (Å²) >= 11 is 12.6. The number of ether oxygens (including phenoxy) is 1. The van der Waals surface area contributed by atoms with E-state index in [-0.39, 0.29) is 11.8 Å². The van der Waals surface area contributed by atoms with Crippen molar-refractivity contribution >= 4 is 34.8 Å². The molecule has 4 nitrogen and oxygen atoms in total. The van der Waals surface area contributed by atoms with E-state index in [1.807, 2.05) is 43.3 Å². The number of nitrogens with zero attached hydrogens (tertiary/aromatic N) is 1. The first-order valence-electron chi connectivity index (χ1n) is 9.08. The third-order valence-corrected chi connectivity index (χ3v) is 5.64. The van der Waals surface area contributed by atoms with Gasteiger partial charge in [-0.15, -0.1) is 0 Å². The number of nitrogens with one attached hydrogen (secondary N) is 1. The number of likely N-dealkylation sites (tertiary alicyclic amines) is 1. The molecule has 2 aromatic rings. The van der Waals surface area contributed by atoms with Crippen molar-refractivity contribution in [3.8, 4) is 5.75 Å². The normalized spacial score (nSPS) is 17.6. The van der Waals surface area contributed by atoms with Gasteiger partial charge >= 0.3 is 0 Å². The minimum Gasteiger partial charge on any atom is -0.495 e. The molecule has 1 aliphatic heterocycles. The van der Waals surface area contributed by atoms with Crippen LogP contribution in [0, 0.1) is 12.8 Å². The molecule has 1 amide bonds. The van der Waals surface area contributed by atoms with Gasteiger partial charge in [-0.25, -0.2) is 0 Å². The zero-order valence-electron chi connectivity index (χ0n) is 15.6. The standard InChI is InChI=1S/C21H24Cl2N2O2/c1-14-8-9-20(27-2)19(11-14)24-21(26)15-5-4-10-25(12-15)13-16-17(22)6-3-7-18(16)23/h3,6-9,11,15H,4-5,10,12-13H2,1-2H3,(H,24,26)/t15-/m0/s1. The summed E-state index contributed by atoms with van der Waals surface area (Å²) in [7, 11) is 1.61. The molecular formula is C21H24Cl2N2O2. The lowest BCUT2D eigenvalue weighted by Gasteiger charge is -2.32. The molecular weight excluding hydrogens is 383 g/mol. The Bertz CT molecular complexity index is 806. The van der Waals surface area contributed by atoms with Gasteiger partial charge in [-0.05, 0) is 56.1 Å². The molecule has 1 atom stereocenters. The molecule has 0 bridgehead atoms. The maximum absolute atomic E-state index is 12.8. The van der Waals surface area contributed by atoms with E-state index in [1.165, 1.54) is 0 Å². The molecule has 1 aliphatic rings. The van der Waals surface area contributed by atoms with E-state index in [0.717, 1.165) is 30.5 Å². The average molecular weight is 407 g/mol. The van der Waals surface area contributed by atoms with Gasteiger partial charge in [0, 0.05) is 28.7 Å². The van der Waals surface area contributed by atoms with Crippen LogP contribution in [-0.4, -0.2) is 31.0 Å². The van der Waals surface area contributed by atoms with Gasteiger partial charge in [0.1, 0.15) is 5.75 Å². The van der Waals surface area contributed by atoms with E-state index in [2.05, 4.69) is 10.2 Å². The fourth-order valence-corrected chi connectivity index (χ4v) is 3.99. The van der Waals surface area contributed by atoms with Crippen LogP contribution in [0.5, 0.6) is 5.75 Å². The molecule has 1 fully saturated rings. The van der Waals surface area contributed by atoms with Crippen LogP contribution in [0.3, 0.4) is 0 Å². The molecule has 2 aromatic carbocycles. The predicted molar refractivity (Wildman–Crippen MR) is 111 cm³/mol. The van der Waals surface area contributed by atoms with Crippen molar-refractivity contribution in [3.05, 3.63) is 57.6 Å². The Labute approximate surface area is 170 Å². The quantitative estimate of drug-likeness (QED) is 0.745. The number of piperidine rings is 1. The van der Waals surface area contributed by atoms with Gasteiger partial charge in [0.05, 0.1) is 18.7 Å². The number of carbonyl (C=O) groups is 1. The zero-order chi connectivity index (χ0) is 19.4. The summed E-state index contributed by atoms with van der Waals surface area (Å²) in [5.41, 5.74) is 2.71. The second kappa shape index (κ2) is 8.96. The first-order chi connectivity index (χ1) is 13.0. The highest BCUT2D eigenvalue weighted by Crippen LogP contribution is 2.29. The van der Waals surface area contributed by atoms with Crippen LogP contribution in [0.2, 0.25) is 10.0 Å². The van der Waals surface area contributed by atoms with Crippen LogP contribution in [-0.2, 0) is 11.3 Å². The lowest BCUT2D eigenvalue weighted by molar-refractivity contribution is -0.121. The summed E-state index contributed by atoms with van der Waals surface area (Å²) in [6, 6.07) is 11.3. The average Bonchev–Trinajstić information content (AvgIpc) is 2.65. The van der Waals surface area contributed by atoms with Crippen LogP contribution >= 0.6 is 23.2 Å². The van der Waals surface area contributed by atoms with Crippen molar-refractivity contribution < 1.29 is 9.53 Å². The van der Waals surface area contributed by atoms with Gasteiger partial charge in [-0.3, -0.25) is 9.69 Å². The number of benzene rings is 2. The van der Waals surface area contributed by atoms with Gasteiger partial charge in [0.15, 0.2) is 0 Å². The van der Waals surface area contributed by atoms with E-state index in [4.69, 9.17) is 27.9 Å². The lowest BCUT2D eigenvalue weighted by atomic mass is 9.96. The number of halogens is 2. The Morgan fingerprint density at radius 2 is 2.00 bits per heavy atom. The molecule has 0 saturated carbocycles. The van der Waals surface area contributed by atoms with Crippen molar-refractivity contribution in [2.45, 2.75) is 26.3 Å². The number of anilines is 1. The van der Waals surface area contributed by atoms with Crippen LogP contribution in [0.25, 0.3) is 0 Å². The minimum atomic E-state index is -0.0785. The number of hydrogen-bond acceptors (Lipinski definition) is 3. The van der Waals surface area contributed by atoms with E-state index in [0.29, 0.717) is 34.6 Å². The number of aryl methyl sites for hydroxylation is 1. The molecule has 0 aromatic heterocycles. The highest BCUT2D eigenvalue weighted by Gasteiger charge is 2.27. The highest BCUT2D eigenvalue weighted by atomic mass is 35.5. The van der Waals surface area contributed by atoms with Gasteiger partial charge in [-0.1, -0.05) is 35.3 Å². The molecule has 0 spiro atoms. The summed E-state index contributed by atoms with van der Waals surface area (Å²) in [4.78, 5) is 15.1. The minimum absolute atomic E-state index is 0.0221. The van der Waals surface area contributed by atoms with Crippen molar-refractivity contribution in [1.29, 1.82) is 0 Å². The Balaban J connectivity index is 1.67. The van der Waals surface area contributed by atoms with Gasteiger partial charge in [0.2, 0.25) is 5.91 Å². The molecule has 1 saturated heterocycles. The molecule has 27 heavy (non-hydrogen) atoms. The van der Waals surface area contributed by atoms with Crippen molar-refractivity contribution in [1.82, 2.24) is 4.90 Å². The monoisotopic (exact) mass is 406 g/mol. The third kappa shape index (κ3) is 4.95. The van der Waals surface area contributed by atoms with Crippen LogP contribution in [0.15, 0.2) is 36.4 Å². The lowest BCUT2D eigenvalue weighted by Crippen LogP contribution is -2.40. The van der Waals surface area contributed by atoms with Crippen molar-refractivity contribution in [2.75, 3.05) is 25.5 Å². The predicted octanol–water partition coefficient (Wildman–Crippen LogP) is 5.16. The first kappa shape index (κ1) is 20.0. The molecule has 1 N–H and O–H groups in total. The maximum atomic E-state index is 12.8. The summed E-state index contributed by atoms with van der Waals surface area (Å²) < 4.78 is 5.36. The van der Waals surface area contributed by atoms with E-state index >= 15 is 0 Å². The Hall–Kier alpha value is -1.75. The molecule has 3 rings (SSSR count). The van der Waals surface area contributed by atoms with Gasteiger partial charge < -0.3 is 10.1 Å². The topological polar surface area (TPSA) is 41.6 Å². The number of carbonyl (C=O) groups excluding carboxylic acids is 1. The van der Waals surface area contributed by atoms with E-state index in [9.17, 15) is 4.79 Å². The Morgan fingerprint density at radius 3 is 2.70 bits per heavy atom. The molecule has 0 aliphatic carbocycles. The van der Waals surface area contributed by atoms with Gasteiger partial charge in [0.25, 0.3) is 0 Å². The smallest absolute Gasteiger partial charge is 0.228 e. The molecule has 0 unspecified atom stereocenters. The number of rotatable bonds is 5. The second-order valence-electron chi connectivity index (χ2n) is 6.97. The SMILES string of the molecule is COc1ccc(C)cc1NC(=O)[C@H]1CCCN(Cc2c(Cl)cccc2Cl)C1. The van der Waals surface area contributed by atoms with Crippen LogP contribution in [0.4, 0.5) is 5.69 Å². The molecule has 1 heterocycles. The molecule has 144 valence electrons. The van der Waals surface area contributed by atoms with E-state index in [1.54, 1.807) is 7.11 Å². The summed E-state index contributed by atoms with van der Waals surface area (Å²) in [5.74, 6) is 0.614. The number of methoxy groups -OCH3 is 1. The first-order valence-corrected chi connectivity index (χ1v) is 9.84. The van der Waals surface area contributed by atoms with Crippen molar-refractivity contribution in [3.63, 3.8) is 0 Å². The summed E-state index contributed by atoms with van der Waals surface area (Å²) in [5, 5.41) is 4.37. The Morgan fingerprint density at radius 1 is 1.26 bits per heavy atom. The van der Waals surface area contributed by atoms with Crippen LogP contribution in [0.1, 0.15) is 24.0 Å². The fourth-order valence-electron chi connectivity index (χ4n) is 3.47. The third-order valence-electron chi connectivity index (χ3n) is 4.93. The summed E-state index contributed by atoms with van der Waals surface area (Å²) in [6.45, 7) is 4.25. The fraction of sp³-hybridized carbons (Fsp3) is 0.381. The number of amides is 1. The zero-order valence-corrected chi connectivity index (χ0v) is 17.1. The molecule has 6 heteroatoms. The number of hydrogen-bond donors (Lipinski definition) is 1. The van der Waals surface area contributed by atoms with E-state index < -0.39 is 0 Å². The van der Waals surface area contributed by atoms with Crippen molar-refractivity contribution in [2.24, 2.45) is 5.92 Å². The summed E-state index contributed by atoms with van der Waals surface area (Å²) in [6.07, 6.45) is 1.83. The maximum Gasteiger partial charge on any atom is 0.228 e.